The third-order valence-electron chi connectivity index (χ3n) is 7.40. The fourth-order valence-electron chi connectivity index (χ4n) is 5.03. The monoisotopic (exact) mass is 621 g/mol. The van der Waals surface area contributed by atoms with Crippen molar-refractivity contribution < 1.29 is 9.59 Å². The van der Waals surface area contributed by atoms with E-state index in [0.29, 0.717) is 48.1 Å². The SMILES string of the molecule is Cc1ccc(-c2nnc(SCCCC(=O)N3CCN(C(=O)c4ccc(Cl)cc4Cl)C(C)C3)n2-c2ccc(C)cc2)cc1. The lowest BCUT2D eigenvalue weighted by atomic mass is 10.1. The molecule has 218 valence electrons. The highest BCUT2D eigenvalue weighted by Gasteiger charge is 2.31. The smallest absolute Gasteiger partial charge is 0.255 e. The number of carbonyl (C=O) groups is 2. The van der Waals surface area contributed by atoms with E-state index in [1.54, 1.807) is 34.9 Å². The number of piperazine rings is 1. The first-order valence-electron chi connectivity index (χ1n) is 14.0. The van der Waals surface area contributed by atoms with E-state index >= 15 is 0 Å². The maximum Gasteiger partial charge on any atom is 0.255 e. The molecular formula is C32H33Cl2N5O2S. The zero-order valence-electron chi connectivity index (χ0n) is 23.9. The van der Waals surface area contributed by atoms with Crippen LogP contribution in [0.15, 0.2) is 71.9 Å². The summed E-state index contributed by atoms with van der Waals surface area (Å²) in [6, 6.07) is 21.4. The van der Waals surface area contributed by atoms with Crippen LogP contribution < -0.4 is 0 Å². The molecule has 2 heterocycles. The molecule has 0 aliphatic carbocycles. The fourth-order valence-corrected chi connectivity index (χ4v) is 6.41. The van der Waals surface area contributed by atoms with E-state index in [1.807, 2.05) is 11.8 Å². The van der Waals surface area contributed by atoms with Gasteiger partial charge >= 0.3 is 0 Å². The first kappa shape index (κ1) is 30.1. The van der Waals surface area contributed by atoms with Crippen LogP contribution in [0.4, 0.5) is 0 Å². The van der Waals surface area contributed by atoms with Crippen molar-refractivity contribution in [2.45, 2.75) is 44.8 Å². The average Bonchev–Trinajstić information content (AvgIpc) is 3.39. The van der Waals surface area contributed by atoms with Gasteiger partial charge in [0, 0.05) is 54.1 Å². The lowest BCUT2D eigenvalue weighted by molar-refractivity contribution is -0.133. The molecule has 1 aliphatic rings. The number of aryl methyl sites for hydroxylation is 2. The molecule has 0 bridgehead atoms. The van der Waals surface area contributed by atoms with Crippen LogP contribution in [-0.4, -0.2) is 67.8 Å². The first-order chi connectivity index (χ1) is 20.2. The van der Waals surface area contributed by atoms with Crippen LogP contribution in [-0.2, 0) is 4.79 Å². The number of aromatic nitrogens is 3. The summed E-state index contributed by atoms with van der Waals surface area (Å²) in [5, 5.41) is 10.7. The summed E-state index contributed by atoms with van der Waals surface area (Å²) in [5.41, 5.74) is 4.80. The summed E-state index contributed by atoms with van der Waals surface area (Å²) >= 11 is 13.9. The van der Waals surface area contributed by atoms with Gasteiger partial charge in [0.2, 0.25) is 5.91 Å². The van der Waals surface area contributed by atoms with E-state index in [9.17, 15) is 9.59 Å². The van der Waals surface area contributed by atoms with Crippen molar-refractivity contribution in [1.82, 2.24) is 24.6 Å². The van der Waals surface area contributed by atoms with Gasteiger partial charge in [-0.1, -0.05) is 82.5 Å². The second kappa shape index (κ2) is 13.3. The molecule has 0 N–H and O–H groups in total. The van der Waals surface area contributed by atoms with Crippen molar-refractivity contribution in [2.24, 2.45) is 0 Å². The Morgan fingerprint density at radius 2 is 1.62 bits per heavy atom. The number of rotatable bonds is 8. The Labute approximate surface area is 260 Å². The van der Waals surface area contributed by atoms with Gasteiger partial charge in [-0.15, -0.1) is 10.2 Å². The maximum atomic E-state index is 13.1. The van der Waals surface area contributed by atoms with Crippen molar-refractivity contribution in [3.05, 3.63) is 93.5 Å². The minimum Gasteiger partial charge on any atom is -0.339 e. The Bertz CT molecular complexity index is 1570. The first-order valence-corrected chi connectivity index (χ1v) is 15.7. The minimum atomic E-state index is -0.143. The van der Waals surface area contributed by atoms with E-state index in [2.05, 4.69) is 77.1 Å². The van der Waals surface area contributed by atoms with Gasteiger partial charge in [0.1, 0.15) is 0 Å². The maximum absolute atomic E-state index is 13.1. The summed E-state index contributed by atoms with van der Waals surface area (Å²) in [5.74, 6) is 1.47. The van der Waals surface area contributed by atoms with Crippen LogP contribution in [0.2, 0.25) is 10.0 Å². The molecule has 1 fully saturated rings. The minimum absolute atomic E-state index is 0.0967. The predicted molar refractivity (Wildman–Crippen MR) is 170 cm³/mol. The predicted octanol–water partition coefficient (Wildman–Crippen LogP) is 7.10. The van der Waals surface area contributed by atoms with Gasteiger partial charge in [0.25, 0.3) is 5.91 Å². The van der Waals surface area contributed by atoms with Gasteiger partial charge in [0.15, 0.2) is 11.0 Å². The number of hydrogen-bond donors (Lipinski definition) is 0. The number of hydrogen-bond acceptors (Lipinski definition) is 5. The van der Waals surface area contributed by atoms with E-state index in [0.717, 1.165) is 28.0 Å². The standard InChI is InChI=1S/C32H33Cl2N5O2S/c1-21-6-10-24(11-7-21)30-35-36-32(39(30)26-13-8-22(2)9-14-26)42-18-4-5-29(40)37-16-17-38(23(3)20-37)31(41)27-15-12-25(33)19-28(27)34/h6-15,19,23H,4-5,16-18,20H2,1-3H3. The molecule has 1 aromatic heterocycles. The lowest BCUT2D eigenvalue weighted by Gasteiger charge is -2.40. The lowest BCUT2D eigenvalue weighted by Crippen LogP contribution is -2.55. The molecule has 1 aliphatic heterocycles. The quantitative estimate of drug-likeness (QED) is 0.155. The van der Waals surface area contributed by atoms with E-state index in [4.69, 9.17) is 23.2 Å². The number of amides is 2. The van der Waals surface area contributed by atoms with Gasteiger partial charge < -0.3 is 9.80 Å². The molecule has 5 rings (SSSR count). The molecule has 4 aromatic rings. The number of benzene rings is 3. The third-order valence-corrected chi connectivity index (χ3v) is 8.97. The summed E-state index contributed by atoms with van der Waals surface area (Å²) in [6.45, 7) is 7.53. The molecule has 0 saturated carbocycles. The Morgan fingerprint density at radius 1 is 0.929 bits per heavy atom. The zero-order chi connectivity index (χ0) is 29.8. The normalized spacial score (nSPS) is 15.2. The van der Waals surface area contributed by atoms with Gasteiger partial charge in [-0.2, -0.15) is 0 Å². The van der Waals surface area contributed by atoms with Crippen molar-refractivity contribution in [2.75, 3.05) is 25.4 Å². The molecule has 1 atom stereocenters. The number of thioether (sulfide) groups is 1. The fraction of sp³-hybridized carbons (Fsp3) is 0.312. The molecule has 3 aromatic carbocycles. The van der Waals surface area contributed by atoms with Gasteiger partial charge in [-0.3, -0.25) is 14.2 Å². The number of nitrogens with zero attached hydrogens (tertiary/aromatic N) is 5. The Balaban J connectivity index is 1.18. The van der Waals surface area contributed by atoms with Crippen molar-refractivity contribution in [1.29, 1.82) is 0 Å². The molecule has 0 spiro atoms. The van der Waals surface area contributed by atoms with Crippen LogP contribution in [0.1, 0.15) is 41.3 Å². The average molecular weight is 623 g/mol. The molecule has 1 unspecified atom stereocenters. The largest absolute Gasteiger partial charge is 0.339 e. The van der Waals surface area contributed by atoms with E-state index in [-0.39, 0.29) is 17.9 Å². The molecule has 42 heavy (non-hydrogen) atoms. The van der Waals surface area contributed by atoms with Crippen LogP contribution in [0, 0.1) is 13.8 Å². The highest BCUT2D eigenvalue weighted by Crippen LogP contribution is 2.29. The van der Waals surface area contributed by atoms with Crippen molar-refractivity contribution >= 4 is 46.8 Å². The number of halogens is 2. The summed E-state index contributed by atoms with van der Waals surface area (Å²) in [4.78, 5) is 29.8. The molecule has 7 nitrogen and oxygen atoms in total. The molecule has 0 radical (unpaired) electrons. The van der Waals surface area contributed by atoms with Crippen LogP contribution in [0.5, 0.6) is 0 Å². The topological polar surface area (TPSA) is 71.3 Å². The third kappa shape index (κ3) is 6.83. The van der Waals surface area contributed by atoms with Crippen LogP contribution in [0.3, 0.4) is 0 Å². The molecule has 1 saturated heterocycles. The van der Waals surface area contributed by atoms with Gasteiger partial charge in [-0.05, 0) is 57.5 Å². The molecule has 10 heteroatoms. The van der Waals surface area contributed by atoms with E-state index < -0.39 is 0 Å². The van der Waals surface area contributed by atoms with Gasteiger partial charge in [-0.25, -0.2) is 0 Å². The van der Waals surface area contributed by atoms with Crippen LogP contribution >= 0.6 is 35.0 Å². The molecule has 2 amide bonds. The van der Waals surface area contributed by atoms with Crippen molar-refractivity contribution in [3.8, 4) is 17.1 Å². The zero-order valence-corrected chi connectivity index (χ0v) is 26.2. The van der Waals surface area contributed by atoms with E-state index in [1.165, 1.54) is 11.1 Å². The highest BCUT2D eigenvalue weighted by atomic mass is 35.5. The van der Waals surface area contributed by atoms with Gasteiger partial charge in [0.05, 0.1) is 10.6 Å². The Morgan fingerprint density at radius 3 is 2.29 bits per heavy atom. The Hall–Kier alpha value is -3.33. The number of carbonyl (C=O) groups excluding carboxylic acids is 2. The molecular weight excluding hydrogens is 589 g/mol. The second-order valence-electron chi connectivity index (χ2n) is 10.6. The Kier molecular flexibility index (Phi) is 9.56. The summed E-state index contributed by atoms with van der Waals surface area (Å²) in [7, 11) is 0. The summed E-state index contributed by atoms with van der Waals surface area (Å²) in [6.07, 6.45) is 1.14. The second-order valence-corrected chi connectivity index (χ2v) is 12.5. The summed E-state index contributed by atoms with van der Waals surface area (Å²) < 4.78 is 2.08. The van der Waals surface area contributed by atoms with Crippen LogP contribution in [0.25, 0.3) is 17.1 Å². The van der Waals surface area contributed by atoms with Crippen molar-refractivity contribution in [3.63, 3.8) is 0 Å². The highest BCUT2D eigenvalue weighted by molar-refractivity contribution is 7.99.